The Kier molecular flexibility index (Phi) is 3.22. The molecule has 1 heterocycles. The van der Waals surface area contributed by atoms with Gasteiger partial charge >= 0.3 is 0 Å². The lowest BCUT2D eigenvalue weighted by Crippen LogP contribution is -2.14. The molecule has 3 N–H and O–H groups in total. The van der Waals surface area contributed by atoms with Gasteiger partial charge in [-0.1, -0.05) is 12.1 Å². The number of methoxy groups -OCH3 is 1. The zero-order valence-electron chi connectivity index (χ0n) is 9.66. The van der Waals surface area contributed by atoms with Crippen molar-refractivity contribution in [1.82, 2.24) is 9.97 Å². The van der Waals surface area contributed by atoms with Gasteiger partial charge in [0.25, 0.3) is 0 Å². The van der Waals surface area contributed by atoms with Crippen molar-refractivity contribution in [1.29, 1.82) is 0 Å². The van der Waals surface area contributed by atoms with Crippen LogP contribution in [-0.2, 0) is 4.74 Å². The second kappa shape index (κ2) is 4.63. The molecule has 0 aliphatic rings. The Morgan fingerprint density at radius 2 is 2.31 bits per heavy atom. The summed E-state index contributed by atoms with van der Waals surface area (Å²) >= 11 is 0. The normalized spacial score (nSPS) is 13.2. The minimum absolute atomic E-state index is 0.0910. The van der Waals surface area contributed by atoms with Gasteiger partial charge < -0.3 is 15.5 Å². The fourth-order valence-electron chi connectivity index (χ4n) is 1.75. The summed E-state index contributed by atoms with van der Waals surface area (Å²) in [6, 6.07) is 5.99. The van der Waals surface area contributed by atoms with Gasteiger partial charge in [0.2, 0.25) is 0 Å². The summed E-state index contributed by atoms with van der Waals surface area (Å²) in [5, 5.41) is 0. The van der Waals surface area contributed by atoms with Gasteiger partial charge in [0.05, 0.1) is 17.1 Å². The maximum absolute atomic E-state index is 6.02. The molecule has 4 heteroatoms. The van der Waals surface area contributed by atoms with Crippen LogP contribution < -0.4 is 5.73 Å². The zero-order valence-corrected chi connectivity index (χ0v) is 9.66. The Balaban J connectivity index is 2.29. The molecular weight excluding hydrogens is 202 g/mol. The number of nitrogens with one attached hydrogen (secondary N) is 1. The Morgan fingerprint density at radius 3 is 3.00 bits per heavy atom. The van der Waals surface area contributed by atoms with Crippen LogP contribution in [-0.4, -0.2) is 23.7 Å². The number of hydrogen-bond donors (Lipinski definition) is 2. The molecule has 0 fully saturated rings. The number of aryl methyl sites for hydroxylation is 1. The van der Waals surface area contributed by atoms with E-state index in [0.717, 1.165) is 23.3 Å². The number of nitrogens with two attached hydrogens (primary N) is 1. The molecule has 0 saturated heterocycles. The van der Waals surface area contributed by atoms with Gasteiger partial charge in [-0.25, -0.2) is 4.98 Å². The van der Waals surface area contributed by atoms with Gasteiger partial charge in [-0.05, 0) is 25.0 Å². The highest BCUT2D eigenvalue weighted by Crippen LogP contribution is 2.19. The van der Waals surface area contributed by atoms with E-state index in [2.05, 4.69) is 9.97 Å². The van der Waals surface area contributed by atoms with Crippen LogP contribution in [0.2, 0.25) is 0 Å². The summed E-state index contributed by atoms with van der Waals surface area (Å²) in [5.74, 6) is 0.835. The van der Waals surface area contributed by atoms with Crippen LogP contribution in [0.5, 0.6) is 0 Å². The number of aromatic amines is 1. The zero-order chi connectivity index (χ0) is 11.5. The predicted molar refractivity (Wildman–Crippen MR) is 64.3 cm³/mol. The van der Waals surface area contributed by atoms with Crippen molar-refractivity contribution in [3.63, 3.8) is 0 Å². The molecule has 2 rings (SSSR count). The molecule has 0 saturated carbocycles. The Labute approximate surface area is 94.8 Å². The summed E-state index contributed by atoms with van der Waals surface area (Å²) < 4.78 is 5.01. The molecule has 0 unspecified atom stereocenters. The van der Waals surface area contributed by atoms with Crippen LogP contribution in [0.4, 0.5) is 0 Å². The molecule has 0 radical (unpaired) electrons. The van der Waals surface area contributed by atoms with E-state index in [1.165, 1.54) is 5.56 Å². The smallest absolute Gasteiger partial charge is 0.124 e. The molecule has 4 nitrogen and oxygen atoms in total. The predicted octanol–water partition coefficient (Wildman–Crippen LogP) is 1.91. The first-order chi connectivity index (χ1) is 7.72. The van der Waals surface area contributed by atoms with Gasteiger partial charge in [-0.2, -0.15) is 0 Å². The average molecular weight is 219 g/mol. The van der Waals surface area contributed by atoms with E-state index in [0.29, 0.717) is 6.61 Å². The van der Waals surface area contributed by atoms with Crippen molar-refractivity contribution in [2.24, 2.45) is 5.73 Å². The SMILES string of the molecule is COCC[C@@H](N)c1nc2c(C)cccc2[nH]1. The van der Waals surface area contributed by atoms with Gasteiger partial charge in [0.15, 0.2) is 0 Å². The molecule has 0 spiro atoms. The van der Waals surface area contributed by atoms with Crippen LogP contribution >= 0.6 is 0 Å². The third-order valence-electron chi connectivity index (χ3n) is 2.72. The highest BCUT2D eigenvalue weighted by Gasteiger charge is 2.11. The minimum atomic E-state index is -0.0910. The lowest BCUT2D eigenvalue weighted by atomic mass is 10.2. The summed E-state index contributed by atoms with van der Waals surface area (Å²) in [6.07, 6.45) is 0.773. The minimum Gasteiger partial charge on any atom is -0.385 e. The van der Waals surface area contributed by atoms with Gasteiger partial charge in [0, 0.05) is 13.7 Å². The van der Waals surface area contributed by atoms with Crippen LogP contribution in [0.15, 0.2) is 18.2 Å². The maximum atomic E-state index is 6.02. The average Bonchev–Trinajstić information content (AvgIpc) is 2.71. The lowest BCUT2D eigenvalue weighted by Gasteiger charge is -2.06. The second-order valence-electron chi connectivity index (χ2n) is 3.98. The van der Waals surface area contributed by atoms with Gasteiger partial charge in [0.1, 0.15) is 5.82 Å². The number of rotatable bonds is 4. The summed E-state index contributed by atoms with van der Waals surface area (Å²) in [7, 11) is 1.68. The van der Waals surface area contributed by atoms with Crippen molar-refractivity contribution in [2.75, 3.05) is 13.7 Å². The molecule has 2 aromatic rings. The third-order valence-corrected chi connectivity index (χ3v) is 2.72. The number of imidazole rings is 1. The number of aromatic nitrogens is 2. The number of para-hydroxylation sites is 1. The number of hydrogen-bond acceptors (Lipinski definition) is 3. The van der Waals surface area contributed by atoms with Crippen LogP contribution in [0, 0.1) is 6.92 Å². The summed E-state index contributed by atoms with van der Waals surface area (Å²) in [6.45, 7) is 2.70. The third kappa shape index (κ3) is 2.08. The maximum Gasteiger partial charge on any atom is 0.124 e. The molecule has 0 aliphatic carbocycles. The molecule has 16 heavy (non-hydrogen) atoms. The molecular formula is C12H17N3O. The van der Waals surface area contributed by atoms with Crippen molar-refractivity contribution in [3.8, 4) is 0 Å². The van der Waals surface area contributed by atoms with Crippen molar-refractivity contribution in [3.05, 3.63) is 29.6 Å². The Bertz CT molecular complexity index is 478. The molecule has 0 amide bonds. The van der Waals surface area contributed by atoms with Crippen molar-refractivity contribution < 1.29 is 4.74 Å². The first kappa shape index (κ1) is 11.1. The van der Waals surface area contributed by atoms with Crippen molar-refractivity contribution in [2.45, 2.75) is 19.4 Å². The largest absolute Gasteiger partial charge is 0.385 e. The Hall–Kier alpha value is -1.39. The first-order valence-corrected chi connectivity index (χ1v) is 5.42. The van der Waals surface area contributed by atoms with E-state index in [-0.39, 0.29) is 6.04 Å². The number of ether oxygens (including phenoxy) is 1. The van der Waals surface area contributed by atoms with E-state index in [1.807, 2.05) is 25.1 Å². The van der Waals surface area contributed by atoms with Crippen LogP contribution in [0.3, 0.4) is 0 Å². The number of nitrogens with zero attached hydrogens (tertiary/aromatic N) is 1. The fraction of sp³-hybridized carbons (Fsp3) is 0.417. The molecule has 1 aromatic heterocycles. The topological polar surface area (TPSA) is 63.9 Å². The Morgan fingerprint density at radius 1 is 1.50 bits per heavy atom. The second-order valence-corrected chi connectivity index (χ2v) is 3.98. The van der Waals surface area contributed by atoms with Crippen molar-refractivity contribution >= 4 is 11.0 Å². The van der Waals surface area contributed by atoms with Crippen LogP contribution in [0.1, 0.15) is 23.9 Å². The standard InChI is InChI=1S/C12H17N3O/c1-8-4-3-5-10-11(8)15-12(14-10)9(13)6-7-16-2/h3-5,9H,6-7,13H2,1-2H3,(H,14,15)/t9-/m1/s1. The molecule has 86 valence electrons. The monoisotopic (exact) mass is 219 g/mol. The highest BCUT2D eigenvalue weighted by molar-refractivity contribution is 5.78. The van der Waals surface area contributed by atoms with E-state index in [1.54, 1.807) is 7.11 Å². The number of benzene rings is 1. The molecule has 0 aliphatic heterocycles. The first-order valence-electron chi connectivity index (χ1n) is 5.42. The van der Waals surface area contributed by atoms with E-state index in [9.17, 15) is 0 Å². The van der Waals surface area contributed by atoms with Crippen LogP contribution in [0.25, 0.3) is 11.0 Å². The highest BCUT2D eigenvalue weighted by atomic mass is 16.5. The van der Waals surface area contributed by atoms with E-state index >= 15 is 0 Å². The number of H-pyrrole nitrogens is 1. The van der Waals surface area contributed by atoms with E-state index in [4.69, 9.17) is 10.5 Å². The van der Waals surface area contributed by atoms with Gasteiger partial charge in [-0.15, -0.1) is 0 Å². The summed E-state index contributed by atoms with van der Waals surface area (Å²) in [4.78, 5) is 7.78. The van der Waals surface area contributed by atoms with Gasteiger partial charge in [-0.3, -0.25) is 0 Å². The quantitative estimate of drug-likeness (QED) is 0.825. The molecule has 0 bridgehead atoms. The molecule has 1 atom stereocenters. The molecule has 1 aromatic carbocycles. The summed E-state index contributed by atoms with van der Waals surface area (Å²) in [5.41, 5.74) is 9.24. The fourth-order valence-corrected chi connectivity index (χ4v) is 1.75. The lowest BCUT2D eigenvalue weighted by molar-refractivity contribution is 0.187. The number of fused-ring (bicyclic) bond motifs is 1. The van der Waals surface area contributed by atoms with E-state index < -0.39 is 0 Å².